The van der Waals surface area contributed by atoms with E-state index in [0.717, 1.165) is 6.42 Å². The minimum Gasteiger partial charge on any atom is -0.301 e. The van der Waals surface area contributed by atoms with Crippen LogP contribution in [0.3, 0.4) is 0 Å². The van der Waals surface area contributed by atoms with Gasteiger partial charge in [0.2, 0.25) is 0 Å². The molecule has 15 heavy (non-hydrogen) atoms. The van der Waals surface area contributed by atoms with Gasteiger partial charge in [0.05, 0.1) is 6.04 Å². The predicted octanol–water partition coefficient (Wildman–Crippen LogP) is 3.49. The van der Waals surface area contributed by atoms with E-state index in [1.807, 2.05) is 0 Å². The predicted molar refractivity (Wildman–Crippen MR) is 66.8 cm³/mol. The van der Waals surface area contributed by atoms with Gasteiger partial charge >= 0.3 is 0 Å². The lowest BCUT2D eigenvalue weighted by atomic mass is 9.96. The first-order chi connectivity index (χ1) is 7.36. The fourth-order valence-electron chi connectivity index (χ4n) is 2.41. The van der Waals surface area contributed by atoms with Gasteiger partial charge in [-0.25, -0.2) is 0 Å². The molecule has 0 aromatic rings. The summed E-state index contributed by atoms with van der Waals surface area (Å²) >= 11 is 0. The van der Waals surface area contributed by atoms with Crippen LogP contribution < -0.4 is 5.32 Å². The van der Waals surface area contributed by atoms with Crippen LogP contribution in [0.5, 0.6) is 0 Å². The zero-order valence-electron chi connectivity index (χ0n) is 10.1. The number of hydrogen-bond acceptors (Lipinski definition) is 1. The lowest BCUT2D eigenvalue weighted by Gasteiger charge is -2.24. The molecule has 0 aromatic heterocycles. The van der Waals surface area contributed by atoms with Crippen LogP contribution in [-0.2, 0) is 0 Å². The van der Waals surface area contributed by atoms with Crippen molar-refractivity contribution in [1.82, 2.24) is 5.32 Å². The van der Waals surface area contributed by atoms with E-state index in [1.165, 1.54) is 51.4 Å². The highest BCUT2D eigenvalue weighted by Crippen LogP contribution is 2.17. The minimum atomic E-state index is 0.305. The first kappa shape index (κ1) is 12.6. The molecule has 1 heteroatoms. The summed E-state index contributed by atoms with van der Waals surface area (Å²) in [6.07, 6.45) is 17.5. The summed E-state index contributed by atoms with van der Waals surface area (Å²) in [5.74, 6) is 2.88. The van der Waals surface area contributed by atoms with Crippen molar-refractivity contribution in [3.63, 3.8) is 0 Å². The summed E-state index contributed by atoms with van der Waals surface area (Å²) < 4.78 is 0. The molecule has 0 amide bonds. The van der Waals surface area contributed by atoms with E-state index in [1.54, 1.807) is 0 Å². The molecule has 0 saturated heterocycles. The van der Waals surface area contributed by atoms with Crippen molar-refractivity contribution in [2.45, 2.75) is 76.8 Å². The molecule has 0 aromatic carbocycles. The zero-order chi connectivity index (χ0) is 10.9. The van der Waals surface area contributed by atoms with Gasteiger partial charge in [-0.15, -0.1) is 6.42 Å². The van der Waals surface area contributed by atoms with Crippen LogP contribution in [0.4, 0.5) is 0 Å². The van der Waals surface area contributed by atoms with Crippen LogP contribution in [0.2, 0.25) is 0 Å². The second-order valence-electron chi connectivity index (χ2n) is 4.72. The molecule has 1 saturated carbocycles. The minimum absolute atomic E-state index is 0.305. The Kier molecular flexibility index (Phi) is 6.52. The van der Waals surface area contributed by atoms with E-state index in [-0.39, 0.29) is 0 Å². The number of hydrogen-bond donors (Lipinski definition) is 1. The van der Waals surface area contributed by atoms with Crippen molar-refractivity contribution in [3.05, 3.63) is 0 Å². The average Bonchev–Trinajstić information content (AvgIpc) is 2.20. The monoisotopic (exact) mass is 207 g/mol. The Bertz CT molecular complexity index is 184. The van der Waals surface area contributed by atoms with Gasteiger partial charge in [-0.1, -0.05) is 51.4 Å². The Hall–Kier alpha value is -0.480. The van der Waals surface area contributed by atoms with E-state index in [0.29, 0.717) is 12.1 Å². The van der Waals surface area contributed by atoms with Gasteiger partial charge in [-0.05, 0) is 19.3 Å². The molecule has 1 nitrogen and oxygen atoms in total. The first-order valence-electron chi connectivity index (χ1n) is 6.59. The summed E-state index contributed by atoms with van der Waals surface area (Å²) in [4.78, 5) is 0. The lowest BCUT2D eigenvalue weighted by Crippen LogP contribution is -2.37. The van der Waals surface area contributed by atoms with Gasteiger partial charge in [-0.2, -0.15) is 0 Å². The highest BCUT2D eigenvalue weighted by molar-refractivity contribution is 4.99. The SMILES string of the molecule is C#CC(CCC)NC1CCCCCCC1. The largest absolute Gasteiger partial charge is 0.301 e. The van der Waals surface area contributed by atoms with Gasteiger partial charge in [0.25, 0.3) is 0 Å². The van der Waals surface area contributed by atoms with Crippen molar-refractivity contribution in [2.24, 2.45) is 0 Å². The van der Waals surface area contributed by atoms with E-state index < -0.39 is 0 Å². The quantitative estimate of drug-likeness (QED) is 0.696. The van der Waals surface area contributed by atoms with Crippen LogP contribution in [0.15, 0.2) is 0 Å². The highest BCUT2D eigenvalue weighted by atomic mass is 14.9. The van der Waals surface area contributed by atoms with Gasteiger partial charge in [0.15, 0.2) is 0 Å². The Morgan fingerprint density at radius 2 is 1.80 bits per heavy atom. The Labute approximate surface area is 95.0 Å². The molecule has 0 spiro atoms. The second kappa shape index (κ2) is 7.77. The molecule has 1 rings (SSSR count). The first-order valence-corrected chi connectivity index (χ1v) is 6.59. The van der Waals surface area contributed by atoms with Crippen LogP contribution in [0, 0.1) is 12.3 Å². The molecule has 1 N–H and O–H groups in total. The summed E-state index contributed by atoms with van der Waals surface area (Å²) in [5.41, 5.74) is 0. The van der Waals surface area contributed by atoms with Crippen molar-refractivity contribution in [2.75, 3.05) is 0 Å². The molecule has 1 fully saturated rings. The van der Waals surface area contributed by atoms with Crippen LogP contribution in [0.25, 0.3) is 0 Å². The molecule has 1 aliphatic rings. The van der Waals surface area contributed by atoms with Crippen LogP contribution in [-0.4, -0.2) is 12.1 Å². The van der Waals surface area contributed by atoms with Crippen LogP contribution >= 0.6 is 0 Å². The maximum atomic E-state index is 5.53. The molecule has 1 aliphatic carbocycles. The molecular weight excluding hydrogens is 182 g/mol. The highest BCUT2D eigenvalue weighted by Gasteiger charge is 2.14. The Balaban J connectivity index is 2.30. The van der Waals surface area contributed by atoms with Crippen molar-refractivity contribution >= 4 is 0 Å². The second-order valence-corrected chi connectivity index (χ2v) is 4.72. The number of terminal acetylenes is 1. The molecule has 0 aliphatic heterocycles. The summed E-state index contributed by atoms with van der Waals surface area (Å²) in [6, 6.07) is 0.984. The van der Waals surface area contributed by atoms with E-state index in [4.69, 9.17) is 6.42 Å². The molecular formula is C14H25N. The lowest BCUT2D eigenvalue weighted by molar-refractivity contribution is 0.367. The Morgan fingerprint density at radius 1 is 1.20 bits per heavy atom. The van der Waals surface area contributed by atoms with Gasteiger partial charge in [0, 0.05) is 6.04 Å². The Morgan fingerprint density at radius 3 is 2.33 bits per heavy atom. The van der Waals surface area contributed by atoms with Crippen molar-refractivity contribution in [3.8, 4) is 12.3 Å². The van der Waals surface area contributed by atoms with E-state index >= 15 is 0 Å². The topological polar surface area (TPSA) is 12.0 Å². The smallest absolute Gasteiger partial charge is 0.0688 e. The normalized spacial score (nSPS) is 21.3. The third kappa shape index (κ3) is 5.23. The third-order valence-corrected chi connectivity index (χ3v) is 3.32. The standard InChI is InChI=1S/C14H25N/c1-3-10-13(4-2)15-14-11-8-6-5-7-9-12-14/h2,13-15H,3,5-12H2,1H3. The van der Waals surface area contributed by atoms with Gasteiger partial charge in [0.1, 0.15) is 0 Å². The summed E-state index contributed by atoms with van der Waals surface area (Å²) in [6.45, 7) is 2.20. The summed E-state index contributed by atoms with van der Waals surface area (Å²) in [5, 5.41) is 3.64. The fourth-order valence-corrected chi connectivity index (χ4v) is 2.41. The zero-order valence-corrected chi connectivity index (χ0v) is 10.1. The van der Waals surface area contributed by atoms with E-state index in [2.05, 4.69) is 18.2 Å². The van der Waals surface area contributed by atoms with E-state index in [9.17, 15) is 0 Å². The van der Waals surface area contributed by atoms with Crippen molar-refractivity contribution < 1.29 is 0 Å². The molecule has 0 bridgehead atoms. The fraction of sp³-hybridized carbons (Fsp3) is 0.857. The van der Waals surface area contributed by atoms with Gasteiger partial charge < -0.3 is 5.32 Å². The molecule has 1 atom stereocenters. The van der Waals surface area contributed by atoms with Gasteiger partial charge in [-0.3, -0.25) is 0 Å². The number of nitrogens with one attached hydrogen (secondary N) is 1. The number of rotatable bonds is 4. The summed E-state index contributed by atoms with van der Waals surface area (Å²) in [7, 11) is 0. The van der Waals surface area contributed by atoms with Crippen LogP contribution in [0.1, 0.15) is 64.7 Å². The average molecular weight is 207 g/mol. The third-order valence-electron chi connectivity index (χ3n) is 3.32. The van der Waals surface area contributed by atoms with Crippen molar-refractivity contribution in [1.29, 1.82) is 0 Å². The molecule has 0 heterocycles. The maximum Gasteiger partial charge on any atom is 0.0688 e. The molecule has 1 unspecified atom stereocenters. The molecule has 0 radical (unpaired) electrons. The maximum absolute atomic E-state index is 5.53. The molecule has 86 valence electrons.